The molecule has 0 spiro atoms. The summed E-state index contributed by atoms with van der Waals surface area (Å²) in [5.41, 5.74) is 2.23. The first kappa shape index (κ1) is 22.3. The van der Waals surface area contributed by atoms with Gasteiger partial charge in [0.25, 0.3) is 5.56 Å². The van der Waals surface area contributed by atoms with Crippen molar-refractivity contribution in [2.75, 3.05) is 18.4 Å². The highest BCUT2D eigenvalue weighted by atomic mass is 32.1. The fourth-order valence-corrected chi connectivity index (χ4v) is 5.48. The molecule has 5 rings (SSSR count). The number of likely N-dealkylation sites (tertiary alicyclic amines) is 1. The van der Waals surface area contributed by atoms with Crippen LogP contribution in [0.2, 0.25) is 0 Å². The van der Waals surface area contributed by atoms with Gasteiger partial charge in [0, 0.05) is 16.9 Å². The third kappa shape index (κ3) is 4.34. The summed E-state index contributed by atoms with van der Waals surface area (Å²) in [6.07, 6.45) is 1.40. The number of aromatic amines is 1. The van der Waals surface area contributed by atoms with E-state index in [-0.39, 0.29) is 29.2 Å². The number of amides is 1. The number of nitrogens with zero attached hydrogens (tertiary/aromatic N) is 2. The number of carbonyl (C=O) groups excluding carboxylic acids is 1. The minimum absolute atomic E-state index is 0.0660. The largest absolute Gasteiger partial charge is 0.506 e. The number of rotatable bonds is 5. The van der Waals surface area contributed by atoms with Crippen molar-refractivity contribution >= 4 is 33.1 Å². The second-order valence-corrected chi connectivity index (χ2v) is 9.50. The van der Waals surface area contributed by atoms with E-state index in [0.29, 0.717) is 29.7 Å². The SMILES string of the molecule is C[C@H](c1nc2scc(-c3ccccc3)c2c(=O)[nH]1)N1CCC(C(=O)Nc2ccccc2O)CC1. The zero-order valence-electron chi connectivity index (χ0n) is 18.8. The van der Waals surface area contributed by atoms with Crippen molar-refractivity contribution in [2.24, 2.45) is 5.92 Å². The molecule has 1 atom stereocenters. The van der Waals surface area contributed by atoms with Gasteiger partial charge in [-0.3, -0.25) is 14.5 Å². The minimum atomic E-state index is -0.122. The van der Waals surface area contributed by atoms with Crippen LogP contribution in [0.15, 0.2) is 64.8 Å². The lowest BCUT2D eigenvalue weighted by molar-refractivity contribution is -0.121. The van der Waals surface area contributed by atoms with Crippen LogP contribution in [-0.2, 0) is 4.79 Å². The predicted octanol–water partition coefficient (Wildman–Crippen LogP) is 4.77. The number of aromatic nitrogens is 2. The third-order valence-electron chi connectivity index (χ3n) is 6.55. The highest BCUT2D eigenvalue weighted by Crippen LogP contribution is 2.32. The Hall–Kier alpha value is -3.49. The summed E-state index contributed by atoms with van der Waals surface area (Å²) < 4.78 is 0. The normalized spacial score (nSPS) is 15.9. The number of para-hydroxylation sites is 2. The van der Waals surface area contributed by atoms with Crippen LogP contribution in [0.5, 0.6) is 5.75 Å². The number of carbonyl (C=O) groups is 1. The van der Waals surface area contributed by atoms with Crippen molar-refractivity contribution in [3.05, 3.63) is 76.2 Å². The van der Waals surface area contributed by atoms with Gasteiger partial charge < -0.3 is 15.4 Å². The van der Waals surface area contributed by atoms with Crippen LogP contribution >= 0.6 is 11.3 Å². The van der Waals surface area contributed by atoms with Gasteiger partial charge in [0.15, 0.2) is 0 Å². The fourth-order valence-electron chi connectivity index (χ4n) is 4.53. The molecular weight excluding hydrogens is 448 g/mol. The van der Waals surface area contributed by atoms with E-state index in [9.17, 15) is 14.7 Å². The Balaban J connectivity index is 1.28. The molecule has 3 heterocycles. The van der Waals surface area contributed by atoms with Crippen molar-refractivity contribution < 1.29 is 9.90 Å². The highest BCUT2D eigenvalue weighted by Gasteiger charge is 2.29. The molecule has 1 aliphatic heterocycles. The van der Waals surface area contributed by atoms with Gasteiger partial charge in [0.2, 0.25) is 5.91 Å². The third-order valence-corrected chi connectivity index (χ3v) is 7.42. The van der Waals surface area contributed by atoms with E-state index in [0.717, 1.165) is 29.0 Å². The number of thiophene rings is 1. The van der Waals surface area contributed by atoms with E-state index < -0.39 is 0 Å². The maximum atomic E-state index is 13.0. The van der Waals surface area contributed by atoms with Crippen LogP contribution in [-0.4, -0.2) is 39.0 Å². The molecule has 3 N–H and O–H groups in total. The van der Waals surface area contributed by atoms with Gasteiger partial charge in [-0.25, -0.2) is 4.98 Å². The molecular formula is C26H26N4O3S. The van der Waals surface area contributed by atoms with Gasteiger partial charge in [0.1, 0.15) is 16.4 Å². The molecule has 0 unspecified atom stereocenters. The Morgan fingerprint density at radius 3 is 2.59 bits per heavy atom. The molecule has 1 aliphatic rings. The molecule has 2 aromatic carbocycles. The zero-order valence-corrected chi connectivity index (χ0v) is 19.6. The Kier molecular flexibility index (Phi) is 6.17. The summed E-state index contributed by atoms with van der Waals surface area (Å²) in [5.74, 6) is 0.518. The van der Waals surface area contributed by atoms with Crippen LogP contribution in [0, 0.1) is 5.92 Å². The number of benzene rings is 2. The Morgan fingerprint density at radius 2 is 1.85 bits per heavy atom. The molecule has 4 aromatic rings. The molecule has 8 heteroatoms. The van der Waals surface area contributed by atoms with E-state index >= 15 is 0 Å². The monoisotopic (exact) mass is 474 g/mol. The molecule has 0 bridgehead atoms. The number of nitrogens with one attached hydrogen (secondary N) is 2. The molecule has 0 saturated carbocycles. The molecule has 1 amide bonds. The van der Waals surface area contributed by atoms with Gasteiger partial charge in [-0.05, 0) is 50.6 Å². The summed E-state index contributed by atoms with van der Waals surface area (Å²) in [6, 6.07) is 16.6. The number of piperidine rings is 1. The van der Waals surface area contributed by atoms with Crippen LogP contribution in [0.4, 0.5) is 5.69 Å². The van der Waals surface area contributed by atoms with Crippen molar-refractivity contribution in [1.82, 2.24) is 14.9 Å². The molecule has 0 radical (unpaired) electrons. The van der Waals surface area contributed by atoms with Crippen molar-refractivity contribution in [1.29, 1.82) is 0 Å². The lowest BCUT2D eigenvalue weighted by Gasteiger charge is -2.35. The Labute approximate surface area is 201 Å². The topological polar surface area (TPSA) is 98.3 Å². The Morgan fingerprint density at radius 1 is 1.15 bits per heavy atom. The van der Waals surface area contributed by atoms with Gasteiger partial charge in [-0.1, -0.05) is 42.5 Å². The first-order valence-corrected chi connectivity index (χ1v) is 12.3. The maximum absolute atomic E-state index is 13.0. The number of phenols is 1. The Bertz CT molecular complexity index is 1370. The van der Waals surface area contributed by atoms with Gasteiger partial charge >= 0.3 is 0 Å². The number of phenolic OH excluding ortho intramolecular Hbond substituents is 1. The zero-order chi connectivity index (χ0) is 23.7. The van der Waals surface area contributed by atoms with E-state index in [1.54, 1.807) is 24.3 Å². The molecule has 1 saturated heterocycles. The predicted molar refractivity (Wildman–Crippen MR) is 135 cm³/mol. The minimum Gasteiger partial charge on any atom is -0.506 e. The quantitative estimate of drug-likeness (QED) is 0.362. The summed E-state index contributed by atoms with van der Waals surface area (Å²) in [7, 11) is 0. The number of hydrogen-bond donors (Lipinski definition) is 3. The first-order valence-electron chi connectivity index (χ1n) is 11.4. The summed E-state index contributed by atoms with van der Waals surface area (Å²) in [4.78, 5) is 36.5. The molecule has 1 fully saturated rings. The fraction of sp³-hybridized carbons (Fsp3) is 0.269. The lowest BCUT2D eigenvalue weighted by Crippen LogP contribution is -2.40. The van der Waals surface area contributed by atoms with E-state index in [1.165, 1.54) is 11.3 Å². The molecule has 174 valence electrons. The number of H-pyrrole nitrogens is 1. The number of fused-ring (bicyclic) bond motifs is 1. The smallest absolute Gasteiger partial charge is 0.260 e. The molecule has 34 heavy (non-hydrogen) atoms. The molecule has 0 aliphatic carbocycles. The number of anilines is 1. The first-order chi connectivity index (χ1) is 16.5. The summed E-state index contributed by atoms with van der Waals surface area (Å²) in [5, 5.41) is 15.4. The van der Waals surface area contributed by atoms with Crippen LogP contribution in [0.1, 0.15) is 31.6 Å². The van der Waals surface area contributed by atoms with Crippen LogP contribution < -0.4 is 10.9 Å². The van der Waals surface area contributed by atoms with Crippen LogP contribution in [0.3, 0.4) is 0 Å². The standard InChI is InChI=1S/C26H26N4O3S/c1-16(30-13-11-18(12-14-30)24(32)27-20-9-5-6-10-21(20)31)23-28-25(33)22-19(15-34-26(22)29-23)17-7-3-2-4-8-17/h2-10,15-16,18,31H,11-14H2,1H3,(H,27,32)(H,28,29,33)/t16-/m1/s1. The highest BCUT2D eigenvalue weighted by molar-refractivity contribution is 7.17. The van der Waals surface area contributed by atoms with Crippen molar-refractivity contribution in [3.63, 3.8) is 0 Å². The molecule has 7 nitrogen and oxygen atoms in total. The summed E-state index contributed by atoms with van der Waals surface area (Å²) in [6.45, 7) is 3.49. The number of hydrogen-bond acceptors (Lipinski definition) is 6. The van der Waals surface area contributed by atoms with E-state index in [4.69, 9.17) is 4.98 Å². The summed E-state index contributed by atoms with van der Waals surface area (Å²) >= 11 is 1.48. The van der Waals surface area contributed by atoms with E-state index in [1.807, 2.05) is 42.6 Å². The molecule has 2 aromatic heterocycles. The number of aromatic hydroxyl groups is 1. The van der Waals surface area contributed by atoms with E-state index in [2.05, 4.69) is 15.2 Å². The lowest BCUT2D eigenvalue weighted by atomic mass is 9.94. The van der Waals surface area contributed by atoms with Gasteiger partial charge in [-0.2, -0.15) is 0 Å². The van der Waals surface area contributed by atoms with Crippen molar-refractivity contribution in [2.45, 2.75) is 25.8 Å². The van der Waals surface area contributed by atoms with Gasteiger partial charge in [0.05, 0.1) is 17.1 Å². The average molecular weight is 475 g/mol. The van der Waals surface area contributed by atoms with Crippen LogP contribution in [0.25, 0.3) is 21.3 Å². The average Bonchev–Trinajstić information content (AvgIpc) is 3.30. The van der Waals surface area contributed by atoms with Crippen molar-refractivity contribution in [3.8, 4) is 16.9 Å². The maximum Gasteiger partial charge on any atom is 0.260 e. The second-order valence-electron chi connectivity index (χ2n) is 8.64. The van der Waals surface area contributed by atoms with Gasteiger partial charge in [-0.15, -0.1) is 11.3 Å². The second kappa shape index (κ2) is 9.40.